The maximum absolute atomic E-state index is 4.44. The third-order valence-corrected chi connectivity index (χ3v) is 4.16. The lowest BCUT2D eigenvalue weighted by molar-refractivity contribution is 0.840. The highest BCUT2D eigenvalue weighted by Crippen LogP contribution is 2.22. The van der Waals surface area contributed by atoms with Crippen LogP contribution in [-0.2, 0) is 6.54 Å². The van der Waals surface area contributed by atoms with Gasteiger partial charge in [0.2, 0.25) is 0 Å². The van der Waals surface area contributed by atoms with Gasteiger partial charge in [-0.1, -0.05) is 18.7 Å². The average Bonchev–Trinajstić information content (AvgIpc) is 2.86. The zero-order chi connectivity index (χ0) is 9.80. The molecule has 1 aliphatic heterocycles. The van der Waals surface area contributed by atoms with Crippen molar-refractivity contribution in [2.45, 2.75) is 25.1 Å². The van der Waals surface area contributed by atoms with Gasteiger partial charge in [-0.15, -0.1) is 11.3 Å². The van der Waals surface area contributed by atoms with Crippen molar-refractivity contribution < 1.29 is 0 Å². The molecule has 0 saturated carbocycles. The van der Waals surface area contributed by atoms with Crippen LogP contribution in [-0.4, -0.2) is 21.9 Å². The van der Waals surface area contributed by atoms with E-state index in [1.165, 1.54) is 11.3 Å². The Morgan fingerprint density at radius 1 is 1.64 bits per heavy atom. The summed E-state index contributed by atoms with van der Waals surface area (Å²) in [6, 6.07) is 0. The summed E-state index contributed by atoms with van der Waals surface area (Å²) in [4.78, 5) is 9.73. The lowest BCUT2D eigenvalue weighted by Gasteiger charge is -2.05. The van der Waals surface area contributed by atoms with Crippen LogP contribution in [0.3, 0.4) is 0 Å². The maximum atomic E-state index is 4.44. The number of rotatable bonds is 3. The molecule has 0 aliphatic carbocycles. The molecule has 2 heterocycles. The van der Waals surface area contributed by atoms with Gasteiger partial charge >= 0.3 is 0 Å². The highest BCUT2D eigenvalue weighted by Gasteiger charge is 2.17. The van der Waals surface area contributed by atoms with Gasteiger partial charge in [0, 0.05) is 16.3 Å². The Labute approximate surface area is 92.0 Å². The fraction of sp³-hybridized carbons (Fsp3) is 0.556. The van der Waals surface area contributed by atoms with Crippen molar-refractivity contribution in [3.05, 3.63) is 16.6 Å². The van der Waals surface area contributed by atoms with Gasteiger partial charge in [0.25, 0.3) is 0 Å². The first-order chi connectivity index (χ1) is 6.88. The van der Waals surface area contributed by atoms with E-state index in [2.05, 4.69) is 22.2 Å². The molecule has 1 N–H and O–H groups in total. The third kappa shape index (κ3) is 2.48. The normalized spacial score (nSPS) is 20.9. The third-order valence-electron chi connectivity index (χ3n) is 2.07. The van der Waals surface area contributed by atoms with Crippen LogP contribution in [0.2, 0.25) is 0 Å². The second-order valence-corrected chi connectivity index (χ2v) is 5.38. The van der Waals surface area contributed by atoms with Crippen molar-refractivity contribution in [3.8, 4) is 0 Å². The molecule has 0 fully saturated rings. The lowest BCUT2D eigenvalue weighted by atomic mass is 10.3. The number of nitrogens with one attached hydrogen (secondary N) is 1. The van der Waals surface area contributed by atoms with Crippen molar-refractivity contribution in [1.29, 1.82) is 0 Å². The van der Waals surface area contributed by atoms with E-state index < -0.39 is 0 Å². The summed E-state index contributed by atoms with van der Waals surface area (Å²) in [6.45, 7) is 4.03. The molecule has 1 aromatic rings. The highest BCUT2D eigenvalue weighted by molar-refractivity contribution is 8.14. The second kappa shape index (κ2) is 4.79. The lowest BCUT2D eigenvalue weighted by Crippen LogP contribution is -2.18. The molecule has 1 aromatic heterocycles. The molecule has 0 saturated heterocycles. The summed E-state index contributed by atoms with van der Waals surface area (Å²) >= 11 is 3.53. The average molecular weight is 227 g/mol. The number of amidine groups is 1. The fourth-order valence-electron chi connectivity index (χ4n) is 1.22. The molecule has 0 spiro atoms. The van der Waals surface area contributed by atoms with Crippen LogP contribution in [0.15, 0.2) is 16.7 Å². The van der Waals surface area contributed by atoms with E-state index in [9.17, 15) is 0 Å². The molecule has 0 aromatic carbocycles. The number of aromatic nitrogens is 1. The molecule has 0 bridgehead atoms. The number of hydrogen-bond acceptors (Lipinski definition) is 5. The zero-order valence-corrected chi connectivity index (χ0v) is 9.70. The molecule has 1 atom stereocenters. The van der Waals surface area contributed by atoms with Crippen molar-refractivity contribution in [2.75, 3.05) is 6.54 Å². The van der Waals surface area contributed by atoms with Crippen LogP contribution >= 0.6 is 23.1 Å². The first-order valence-corrected chi connectivity index (χ1v) is 6.46. The molecule has 2 rings (SSSR count). The van der Waals surface area contributed by atoms with E-state index >= 15 is 0 Å². The van der Waals surface area contributed by atoms with Gasteiger partial charge in [-0.3, -0.25) is 9.98 Å². The minimum atomic E-state index is 0.680. The van der Waals surface area contributed by atoms with E-state index in [4.69, 9.17) is 0 Å². The molecule has 5 heteroatoms. The van der Waals surface area contributed by atoms with Gasteiger partial charge < -0.3 is 5.32 Å². The molecule has 1 aliphatic rings. The molecule has 3 nitrogen and oxygen atoms in total. The molecule has 76 valence electrons. The first kappa shape index (κ1) is 9.98. The van der Waals surface area contributed by atoms with E-state index in [-0.39, 0.29) is 0 Å². The smallest absolute Gasteiger partial charge is 0.157 e. The monoisotopic (exact) mass is 227 g/mol. The number of nitrogens with zero attached hydrogens (tertiary/aromatic N) is 2. The van der Waals surface area contributed by atoms with Crippen LogP contribution in [0.25, 0.3) is 0 Å². The Morgan fingerprint density at radius 3 is 3.21 bits per heavy atom. The summed E-state index contributed by atoms with van der Waals surface area (Å²) in [5, 5.41) is 5.10. The van der Waals surface area contributed by atoms with Crippen molar-refractivity contribution in [1.82, 2.24) is 10.3 Å². The largest absolute Gasteiger partial charge is 0.360 e. The fourth-order valence-corrected chi connectivity index (χ4v) is 2.69. The quantitative estimate of drug-likeness (QED) is 0.859. The highest BCUT2D eigenvalue weighted by atomic mass is 32.2. The SMILES string of the molecule is CCC1CN=C(NCc2cncs2)S1. The Balaban J connectivity index is 1.77. The molecule has 14 heavy (non-hydrogen) atoms. The number of hydrogen-bond donors (Lipinski definition) is 1. The zero-order valence-electron chi connectivity index (χ0n) is 8.06. The Hall–Kier alpha value is -0.550. The van der Waals surface area contributed by atoms with Gasteiger partial charge in [-0.05, 0) is 6.42 Å². The molecule has 1 unspecified atom stereocenters. The second-order valence-electron chi connectivity index (χ2n) is 3.12. The van der Waals surface area contributed by atoms with E-state index in [1.54, 1.807) is 11.3 Å². The summed E-state index contributed by atoms with van der Waals surface area (Å²) in [6.07, 6.45) is 3.09. The number of thioether (sulfide) groups is 1. The standard InChI is InChI=1S/C9H13N3S2/c1-2-7-4-11-9(14-7)12-5-8-3-10-6-13-8/h3,6-7H,2,4-5H2,1H3,(H,11,12). The van der Waals surface area contributed by atoms with Crippen LogP contribution in [0.5, 0.6) is 0 Å². The number of aliphatic imine (C=N–C) groups is 1. The minimum Gasteiger partial charge on any atom is -0.360 e. The predicted octanol–water partition coefficient (Wildman–Crippen LogP) is 2.11. The summed E-state index contributed by atoms with van der Waals surface area (Å²) in [7, 11) is 0. The number of thiazole rings is 1. The van der Waals surface area contributed by atoms with Gasteiger partial charge in [0.1, 0.15) is 0 Å². The molecule has 0 amide bonds. The predicted molar refractivity (Wildman–Crippen MR) is 62.9 cm³/mol. The van der Waals surface area contributed by atoms with Crippen molar-refractivity contribution in [3.63, 3.8) is 0 Å². The summed E-state index contributed by atoms with van der Waals surface area (Å²) < 4.78 is 0. The molecular formula is C9H13N3S2. The maximum Gasteiger partial charge on any atom is 0.157 e. The Morgan fingerprint density at radius 2 is 2.57 bits per heavy atom. The summed E-state index contributed by atoms with van der Waals surface area (Å²) in [5.74, 6) is 0. The first-order valence-electron chi connectivity index (χ1n) is 4.71. The van der Waals surface area contributed by atoms with Gasteiger partial charge in [0.05, 0.1) is 18.6 Å². The van der Waals surface area contributed by atoms with Crippen LogP contribution in [0, 0.1) is 0 Å². The van der Waals surface area contributed by atoms with Crippen LogP contribution in [0.1, 0.15) is 18.2 Å². The van der Waals surface area contributed by atoms with Crippen LogP contribution < -0.4 is 5.32 Å². The van der Waals surface area contributed by atoms with Gasteiger partial charge in [-0.2, -0.15) is 0 Å². The van der Waals surface area contributed by atoms with Crippen LogP contribution in [0.4, 0.5) is 0 Å². The topological polar surface area (TPSA) is 37.3 Å². The Bertz CT molecular complexity index is 308. The minimum absolute atomic E-state index is 0.680. The van der Waals surface area contributed by atoms with E-state index in [1.807, 2.05) is 23.5 Å². The van der Waals surface area contributed by atoms with Crippen molar-refractivity contribution in [2.24, 2.45) is 4.99 Å². The van der Waals surface area contributed by atoms with Gasteiger partial charge in [-0.25, -0.2) is 0 Å². The Kier molecular flexibility index (Phi) is 3.42. The summed E-state index contributed by atoms with van der Waals surface area (Å²) in [5.41, 5.74) is 1.86. The van der Waals surface area contributed by atoms with E-state index in [0.29, 0.717) is 5.25 Å². The van der Waals surface area contributed by atoms with E-state index in [0.717, 1.165) is 18.3 Å². The van der Waals surface area contributed by atoms with Gasteiger partial charge in [0.15, 0.2) is 5.17 Å². The van der Waals surface area contributed by atoms with Crippen molar-refractivity contribution >= 4 is 28.3 Å². The molecular weight excluding hydrogens is 214 g/mol. The molecule has 0 radical (unpaired) electrons.